The zero-order valence-corrected chi connectivity index (χ0v) is 16.5. The molecule has 0 saturated carbocycles. The maximum absolute atomic E-state index is 12.1. The molecule has 0 atom stereocenters. The van der Waals surface area contributed by atoms with Gasteiger partial charge in [-0.3, -0.25) is 4.98 Å². The summed E-state index contributed by atoms with van der Waals surface area (Å²) in [5.74, 6) is 0.0853. The Balaban J connectivity index is 1.27. The second-order valence-corrected chi connectivity index (χ2v) is 7.18. The number of ether oxygens (including phenoxy) is 1. The number of benzene rings is 2. The van der Waals surface area contributed by atoms with E-state index in [0.29, 0.717) is 13.2 Å². The van der Waals surface area contributed by atoms with Crippen LogP contribution in [0, 0.1) is 6.92 Å². The number of amides is 1. The van der Waals surface area contributed by atoms with Crippen LogP contribution in [0.25, 0.3) is 17.2 Å². The van der Waals surface area contributed by atoms with Crippen molar-refractivity contribution in [3.8, 4) is 11.1 Å². The summed E-state index contributed by atoms with van der Waals surface area (Å²) < 4.78 is 5.53. The standard InChI is InChI=1S/C25H24N2O2/c1-18-13-14-19(16-27-18)8-6-7-15-26-25(28)29-17-24-22-11-4-2-9-20(22)21-10-3-5-12-23(21)24/h2-6,8-14,16,24H,7,15,17H2,1H3,(H,26,28). The molecule has 1 heterocycles. The average Bonchev–Trinajstić information content (AvgIpc) is 3.07. The molecule has 0 radical (unpaired) electrons. The molecule has 2 aromatic carbocycles. The molecule has 4 nitrogen and oxygen atoms in total. The Kier molecular flexibility index (Phi) is 5.71. The number of aromatic nitrogens is 1. The lowest BCUT2D eigenvalue weighted by Crippen LogP contribution is -2.26. The van der Waals surface area contributed by atoms with Gasteiger partial charge >= 0.3 is 6.09 Å². The topological polar surface area (TPSA) is 51.2 Å². The molecule has 29 heavy (non-hydrogen) atoms. The summed E-state index contributed by atoms with van der Waals surface area (Å²) in [5, 5.41) is 2.82. The number of pyridine rings is 1. The summed E-state index contributed by atoms with van der Waals surface area (Å²) in [6.07, 6.45) is 6.22. The lowest BCUT2D eigenvalue weighted by Gasteiger charge is -2.14. The summed E-state index contributed by atoms with van der Waals surface area (Å²) in [5.41, 5.74) is 6.95. The van der Waals surface area contributed by atoms with E-state index in [1.807, 2.05) is 61.7 Å². The number of aryl methyl sites for hydroxylation is 1. The Morgan fingerprint density at radius 2 is 1.72 bits per heavy atom. The molecule has 1 aliphatic carbocycles. The fourth-order valence-electron chi connectivity index (χ4n) is 3.70. The van der Waals surface area contributed by atoms with E-state index < -0.39 is 0 Å². The van der Waals surface area contributed by atoms with Gasteiger partial charge in [-0.05, 0) is 47.2 Å². The predicted molar refractivity (Wildman–Crippen MR) is 116 cm³/mol. The van der Waals surface area contributed by atoms with Gasteiger partial charge in [0.1, 0.15) is 6.61 Å². The summed E-state index contributed by atoms with van der Waals surface area (Å²) in [7, 11) is 0. The van der Waals surface area contributed by atoms with Crippen molar-refractivity contribution in [1.29, 1.82) is 0 Å². The minimum Gasteiger partial charge on any atom is -0.449 e. The molecule has 1 N–H and O–H groups in total. The summed E-state index contributed by atoms with van der Waals surface area (Å²) >= 11 is 0. The minimum atomic E-state index is -0.378. The third kappa shape index (κ3) is 4.37. The van der Waals surface area contributed by atoms with E-state index in [1.54, 1.807) is 0 Å². The van der Waals surface area contributed by atoms with Crippen molar-refractivity contribution in [3.05, 3.63) is 95.3 Å². The van der Waals surface area contributed by atoms with Crippen molar-refractivity contribution in [1.82, 2.24) is 10.3 Å². The molecule has 0 aliphatic heterocycles. The highest BCUT2D eigenvalue weighted by Gasteiger charge is 2.28. The lowest BCUT2D eigenvalue weighted by molar-refractivity contribution is 0.143. The van der Waals surface area contributed by atoms with Crippen LogP contribution in [0.5, 0.6) is 0 Å². The number of hydrogen-bond acceptors (Lipinski definition) is 3. The molecule has 1 aliphatic rings. The van der Waals surface area contributed by atoms with Crippen LogP contribution in [0.1, 0.15) is 34.7 Å². The van der Waals surface area contributed by atoms with Gasteiger partial charge in [-0.1, -0.05) is 66.7 Å². The van der Waals surface area contributed by atoms with Gasteiger partial charge in [0.25, 0.3) is 0 Å². The van der Waals surface area contributed by atoms with E-state index in [9.17, 15) is 4.79 Å². The predicted octanol–water partition coefficient (Wildman–Crippen LogP) is 5.33. The fourth-order valence-corrected chi connectivity index (χ4v) is 3.70. The number of carbonyl (C=O) groups is 1. The van der Waals surface area contributed by atoms with Gasteiger partial charge in [0.05, 0.1) is 0 Å². The van der Waals surface area contributed by atoms with E-state index in [4.69, 9.17) is 4.74 Å². The number of hydrogen-bond donors (Lipinski definition) is 1. The number of nitrogens with zero attached hydrogens (tertiary/aromatic N) is 1. The van der Waals surface area contributed by atoms with Crippen molar-refractivity contribution in [2.75, 3.05) is 13.2 Å². The summed E-state index contributed by atoms with van der Waals surface area (Å²) in [6, 6.07) is 20.7. The van der Waals surface area contributed by atoms with Gasteiger partial charge in [0, 0.05) is 24.4 Å². The van der Waals surface area contributed by atoms with Gasteiger partial charge in [0.2, 0.25) is 0 Å². The Labute approximate surface area is 171 Å². The minimum absolute atomic E-state index is 0.0853. The highest BCUT2D eigenvalue weighted by molar-refractivity contribution is 5.79. The number of fused-ring (bicyclic) bond motifs is 3. The normalized spacial score (nSPS) is 12.6. The first-order valence-corrected chi connectivity index (χ1v) is 9.90. The summed E-state index contributed by atoms with van der Waals surface area (Å²) in [6.45, 7) is 2.84. The highest BCUT2D eigenvalue weighted by atomic mass is 16.5. The monoisotopic (exact) mass is 384 g/mol. The SMILES string of the molecule is Cc1ccc(C=CCCNC(=O)OCC2c3ccccc3-c3ccccc32)cn1. The fraction of sp³-hybridized carbons (Fsp3) is 0.200. The molecule has 4 rings (SSSR count). The first kappa shape index (κ1) is 18.9. The van der Waals surface area contributed by atoms with Gasteiger partial charge in [-0.15, -0.1) is 0 Å². The van der Waals surface area contributed by atoms with E-state index in [0.717, 1.165) is 17.7 Å². The molecule has 1 amide bonds. The maximum Gasteiger partial charge on any atom is 0.407 e. The van der Waals surface area contributed by atoms with Crippen LogP contribution in [0.2, 0.25) is 0 Å². The first-order valence-electron chi connectivity index (χ1n) is 9.90. The van der Waals surface area contributed by atoms with Crippen molar-refractivity contribution in [2.24, 2.45) is 0 Å². The smallest absolute Gasteiger partial charge is 0.407 e. The molecular weight excluding hydrogens is 360 g/mol. The van der Waals surface area contributed by atoms with Crippen LogP contribution in [0.4, 0.5) is 4.79 Å². The van der Waals surface area contributed by atoms with Gasteiger partial charge in [-0.2, -0.15) is 0 Å². The average molecular weight is 384 g/mol. The molecule has 1 aromatic heterocycles. The molecule has 4 heteroatoms. The molecule has 0 saturated heterocycles. The van der Waals surface area contributed by atoms with Gasteiger partial charge in [0.15, 0.2) is 0 Å². The number of carbonyl (C=O) groups excluding carboxylic acids is 1. The molecular formula is C25H24N2O2. The van der Waals surface area contributed by atoms with E-state index in [1.165, 1.54) is 22.3 Å². The highest BCUT2D eigenvalue weighted by Crippen LogP contribution is 2.44. The second kappa shape index (κ2) is 8.74. The zero-order chi connectivity index (χ0) is 20.1. The van der Waals surface area contributed by atoms with Gasteiger partial charge in [-0.25, -0.2) is 4.79 Å². The van der Waals surface area contributed by atoms with Crippen LogP contribution >= 0.6 is 0 Å². The van der Waals surface area contributed by atoms with Crippen LogP contribution in [-0.4, -0.2) is 24.2 Å². The number of alkyl carbamates (subject to hydrolysis) is 1. The van der Waals surface area contributed by atoms with Crippen molar-refractivity contribution in [3.63, 3.8) is 0 Å². The molecule has 3 aromatic rings. The van der Waals surface area contributed by atoms with Crippen LogP contribution in [-0.2, 0) is 4.74 Å². The zero-order valence-electron chi connectivity index (χ0n) is 16.5. The van der Waals surface area contributed by atoms with E-state index in [-0.39, 0.29) is 12.0 Å². The molecule has 0 fully saturated rings. The lowest BCUT2D eigenvalue weighted by atomic mass is 9.98. The van der Waals surface area contributed by atoms with Crippen molar-refractivity contribution in [2.45, 2.75) is 19.3 Å². The van der Waals surface area contributed by atoms with E-state index in [2.05, 4.69) is 34.6 Å². The van der Waals surface area contributed by atoms with E-state index >= 15 is 0 Å². The Morgan fingerprint density at radius 3 is 2.38 bits per heavy atom. The van der Waals surface area contributed by atoms with Gasteiger partial charge < -0.3 is 10.1 Å². The maximum atomic E-state index is 12.1. The van der Waals surface area contributed by atoms with Crippen LogP contribution < -0.4 is 5.32 Å². The van der Waals surface area contributed by atoms with Crippen molar-refractivity contribution < 1.29 is 9.53 Å². The largest absolute Gasteiger partial charge is 0.449 e. The molecule has 0 spiro atoms. The second-order valence-electron chi connectivity index (χ2n) is 7.18. The number of nitrogens with one attached hydrogen (secondary N) is 1. The third-order valence-electron chi connectivity index (χ3n) is 5.17. The molecule has 0 unspecified atom stereocenters. The Hall–Kier alpha value is -3.40. The number of rotatable bonds is 6. The van der Waals surface area contributed by atoms with Crippen LogP contribution in [0.15, 0.2) is 72.9 Å². The Morgan fingerprint density at radius 1 is 1.03 bits per heavy atom. The van der Waals surface area contributed by atoms with Crippen LogP contribution in [0.3, 0.4) is 0 Å². The molecule has 146 valence electrons. The Bertz CT molecular complexity index is 980. The first-order chi connectivity index (χ1) is 14.2. The summed E-state index contributed by atoms with van der Waals surface area (Å²) in [4.78, 5) is 16.4. The quantitative estimate of drug-likeness (QED) is 0.584. The molecule has 0 bridgehead atoms. The van der Waals surface area contributed by atoms with Crippen molar-refractivity contribution >= 4 is 12.2 Å². The third-order valence-corrected chi connectivity index (χ3v) is 5.17.